The summed E-state index contributed by atoms with van der Waals surface area (Å²) < 4.78 is 0.660. The van der Waals surface area contributed by atoms with Crippen LogP contribution in [0.1, 0.15) is 40.3 Å². The molecule has 104 valence electrons. The molecule has 0 bridgehead atoms. The van der Waals surface area contributed by atoms with Gasteiger partial charge in [-0.2, -0.15) is 0 Å². The number of rotatable bonds is 5. The van der Waals surface area contributed by atoms with Gasteiger partial charge in [0.05, 0.1) is 25.7 Å². The van der Waals surface area contributed by atoms with Crippen LogP contribution >= 0.6 is 0 Å². The van der Waals surface area contributed by atoms with Gasteiger partial charge in [-0.3, -0.25) is 0 Å². The largest absolute Gasteiger partial charge is 0.478 e. The number of hydrogen-bond donors (Lipinski definition) is 2. The van der Waals surface area contributed by atoms with Gasteiger partial charge in [0.25, 0.3) is 0 Å². The number of pyridine rings is 1. The standard InChI is InChI=1S/C13H18N2O4/c1-8(2)15(3,4)7-9-5-10(12(16)17)11(13(18)19)14-6-9/h5-6,8H,7H2,1-4H3,(H-,16,17,18,19)/p+1. The average molecular weight is 267 g/mol. The molecule has 2 N–H and O–H groups in total. The van der Waals surface area contributed by atoms with Gasteiger partial charge in [-0.05, 0) is 19.9 Å². The van der Waals surface area contributed by atoms with E-state index in [4.69, 9.17) is 10.2 Å². The van der Waals surface area contributed by atoms with Crippen molar-refractivity contribution in [2.45, 2.75) is 26.4 Å². The van der Waals surface area contributed by atoms with E-state index >= 15 is 0 Å². The third kappa shape index (κ3) is 3.51. The van der Waals surface area contributed by atoms with E-state index in [2.05, 4.69) is 18.8 Å². The molecule has 6 nitrogen and oxygen atoms in total. The molecule has 1 rings (SSSR count). The molecule has 0 atom stereocenters. The van der Waals surface area contributed by atoms with Gasteiger partial charge in [0.1, 0.15) is 6.54 Å². The second-order valence-corrected chi connectivity index (χ2v) is 5.38. The van der Waals surface area contributed by atoms with Gasteiger partial charge >= 0.3 is 11.9 Å². The quantitative estimate of drug-likeness (QED) is 0.789. The molecule has 1 aromatic rings. The van der Waals surface area contributed by atoms with Crippen LogP contribution in [-0.2, 0) is 6.54 Å². The zero-order valence-corrected chi connectivity index (χ0v) is 11.5. The van der Waals surface area contributed by atoms with Gasteiger partial charge in [-0.1, -0.05) is 0 Å². The maximum absolute atomic E-state index is 11.1. The summed E-state index contributed by atoms with van der Waals surface area (Å²) in [7, 11) is 4.05. The summed E-state index contributed by atoms with van der Waals surface area (Å²) in [6.45, 7) is 4.72. The van der Waals surface area contributed by atoms with Crippen LogP contribution < -0.4 is 0 Å². The normalized spacial score (nSPS) is 11.6. The van der Waals surface area contributed by atoms with Gasteiger partial charge in [0, 0.05) is 11.8 Å². The van der Waals surface area contributed by atoms with Gasteiger partial charge < -0.3 is 14.7 Å². The summed E-state index contributed by atoms with van der Waals surface area (Å²) >= 11 is 0. The molecule has 6 heteroatoms. The van der Waals surface area contributed by atoms with Gasteiger partial charge in [0.2, 0.25) is 0 Å². The number of carboxylic acids is 2. The Morgan fingerprint density at radius 3 is 2.26 bits per heavy atom. The fraction of sp³-hybridized carbons (Fsp3) is 0.462. The van der Waals surface area contributed by atoms with Crippen molar-refractivity contribution < 1.29 is 24.3 Å². The van der Waals surface area contributed by atoms with E-state index in [0.717, 1.165) is 0 Å². The third-order valence-electron chi connectivity index (χ3n) is 3.37. The SMILES string of the molecule is CC(C)[N+](C)(C)Cc1cnc(C(=O)O)c(C(=O)O)c1. The van der Waals surface area contributed by atoms with Crippen molar-refractivity contribution in [1.29, 1.82) is 0 Å². The molecule has 0 fully saturated rings. The van der Waals surface area contributed by atoms with Crippen molar-refractivity contribution in [3.05, 3.63) is 29.1 Å². The Bertz CT molecular complexity index is 509. The van der Waals surface area contributed by atoms with E-state index in [-0.39, 0.29) is 5.56 Å². The molecule has 0 saturated carbocycles. The van der Waals surface area contributed by atoms with E-state index in [1.165, 1.54) is 12.3 Å². The molecule has 0 aliphatic heterocycles. The van der Waals surface area contributed by atoms with Gasteiger partial charge in [-0.25, -0.2) is 14.6 Å². The van der Waals surface area contributed by atoms with Crippen molar-refractivity contribution in [3.8, 4) is 0 Å². The maximum Gasteiger partial charge on any atom is 0.355 e. The molecule has 1 aromatic heterocycles. The Labute approximate surface area is 111 Å². The van der Waals surface area contributed by atoms with Crippen LogP contribution in [0, 0.1) is 0 Å². The Hall–Kier alpha value is -1.95. The summed E-state index contributed by atoms with van der Waals surface area (Å²) in [5.74, 6) is -2.61. The summed E-state index contributed by atoms with van der Waals surface area (Å²) in [5, 5.41) is 17.9. The second-order valence-electron chi connectivity index (χ2n) is 5.38. The number of quaternary nitrogens is 1. The zero-order chi connectivity index (χ0) is 14.8. The van der Waals surface area contributed by atoms with Crippen molar-refractivity contribution in [3.63, 3.8) is 0 Å². The summed E-state index contributed by atoms with van der Waals surface area (Å²) in [6, 6.07) is 1.74. The van der Waals surface area contributed by atoms with E-state index in [9.17, 15) is 9.59 Å². The maximum atomic E-state index is 11.1. The highest BCUT2D eigenvalue weighted by molar-refractivity contribution is 6.00. The van der Waals surface area contributed by atoms with E-state index in [0.29, 0.717) is 22.6 Å². The minimum absolute atomic E-state index is 0.270. The van der Waals surface area contributed by atoms with Crippen LogP contribution in [-0.4, -0.2) is 51.8 Å². The Kier molecular flexibility index (Phi) is 4.26. The molecule has 0 radical (unpaired) electrons. The molecule has 0 saturated heterocycles. The molecule has 1 heterocycles. The minimum atomic E-state index is -1.33. The van der Waals surface area contributed by atoms with Gasteiger partial charge in [0.15, 0.2) is 5.69 Å². The topological polar surface area (TPSA) is 87.5 Å². The molecule has 0 unspecified atom stereocenters. The molecular weight excluding hydrogens is 248 g/mol. The van der Waals surface area contributed by atoms with Gasteiger partial charge in [-0.15, -0.1) is 0 Å². The van der Waals surface area contributed by atoms with Crippen molar-refractivity contribution in [2.24, 2.45) is 0 Å². The van der Waals surface area contributed by atoms with E-state index in [1.54, 1.807) is 0 Å². The first-order valence-electron chi connectivity index (χ1n) is 5.93. The molecule has 0 aliphatic rings. The molecule has 0 aromatic carbocycles. The zero-order valence-electron chi connectivity index (χ0n) is 11.5. The van der Waals surface area contributed by atoms with Crippen molar-refractivity contribution >= 4 is 11.9 Å². The Morgan fingerprint density at radius 1 is 1.26 bits per heavy atom. The molecule has 0 aliphatic carbocycles. The summed E-state index contributed by atoms with van der Waals surface area (Å²) in [4.78, 5) is 25.7. The van der Waals surface area contributed by atoms with Crippen LogP contribution in [0.4, 0.5) is 0 Å². The first kappa shape index (κ1) is 15.1. The van der Waals surface area contributed by atoms with Crippen LogP contribution in [0.2, 0.25) is 0 Å². The van der Waals surface area contributed by atoms with E-state index in [1.807, 2.05) is 14.1 Å². The van der Waals surface area contributed by atoms with Crippen molar-refractivity contribution in [1.82, 2.24) is 4.98 Å². The Morgan fingerprint density at radius 2 is 1.84 bits per heavy atom. The number of hydrogen-bond acceptors (Lipinski definition) is 3. The van der Waals surface area contributed by atoms with Crippen LogP contribution in [0.25, 0.3) is 0 Å². The second kappa shape index (κ2) is 5.36. The predicted octanol–water partition coefficient (Wildman–Crippen LogP) is 1.46. The fourth-order valence-electron chi connectivity index (χ4n) is 1.58. The lowest BCUT2D eigenvalue weighted by molar-refractivity contribution is -0.924. The first-order chi connectivity index (χ1) is 8.65. The van der Waals surface area contributed by atoms with Crippen molar-refractivity contribution in [2.75, 3.05) is 14.1 Å². The molecule has 19 heavy (non-hydrogen) atoms. The van der Waals surface area contributed by atoms with Crippen LogP contribution in [0.3, 0.4) is 0 Å². The first-order valence-corrected chi connectivity index (χ1v) is 5.93. The highest BCUT2D eigenvalue weighted by atomic mass is 16.4. The lowest BCUT2D eigenvalue weighted by Crippen LogP contribution is -2.44. The number of aromatic carboxylic acids is 2. The average Bonchev–Trinajstić information content (AvgIpc) is 2.27. The lowest BCUT2D eigenvalue weighted by Gasteiger charge is -2.34. The lowest BCUT2D eigenvalue weighted by atomic mass is 10.1. The number of carbonyl (C=O) groups is 2. The summed E-state index contributed by atoms with van der Waals surface area (Å²) in [5.41, 5.74) is 0.0148. The smallest absolute Gasteiger partial charge is 0.355 e. The molecule has 0 amide bonds. The molecular formula is C13H19N2O4+. The van der Waals surface area contributed by atoms with Crippen LogP contribution in [0.5, 0.6) is 0 Å². The number of nitrogens with zero attached hydrogens (tertiary/aromatic N) is 2. The fourth-order valence-corrected chi connectivity index (χ4v) is 1.58. The number of aromatic nitrogens is 1. The van der Waals surface area contributed by atoms with Crippen LogP contribution in [0.15, 0.2) is 12.3 Å². The van der Waals surface area contributed by atoms with E-state index < -0.39 is 17.6 Å². The predicted molar refractivity (Wildman–Crippen MR) is 69.1 cm³/mol. The third-order valence-corrected chi connectivity index (χ3v) is 3.37. The highest BCUT2D eigenvalue weighted by Crippen LogP contribution is 2.16. The Balaban J connectivity index is 3.16. The molecule has 0 spiro atoms. The monoisotopic (exact) mass is 267 g/mol. The summed E-state index contributed by atoms with van der Waals surface area (Å²) in [6.07, 6.45) is 1.43. The highest BCUT2D eigenvalue weighted by Gasteiger charge is 2.23. The number of carboxylic acid groups (broad SMARTS) is 2. The minimum Gasteiger partial charge on any atom is -0.478 e.